The minimum Gasteiger partial charge on any atom is -0.338 e. The van der Waals surface area contributed by atoms with Crippen molar-refractivity contribution in [2.45, 2.75) is 53.0 Å². The second kappa shape index (κ2) is 9.73. The number of amides is 1. The maximum Gasteiger partial charge on any atom is 0.229 e. The first-order valence-corrected chi connectivity index (χ1v) is 11.1. The fraction of sp³-hybridized carbons (Fsp3) is 0.458. The molecule has 5 heteroatoms. The van der Waals surface area contributed by atoms with Crippen LogP contribution in [0.4, 0.5) is 0 Å². The second-order valence-corrected chi connectivity index (χ2v) is 10.3. The van der Waals surface area contributed by atoms with E-state index in [2.05, 4.69) is 45.0 Å². The largest absolute Gasteiger partial charge is 0.338 e. The van der Waals surface area contributed by atoms with Gasteiger partial charge in [0.15, 0.2) is 0 Å². The van der Waals surface area contributed by atoms with Crippen LogP contribution in [-0.2, 0) is 23.2 Å². The van der Waals surface area contributed by atoms with Crippen molar-refractivity contribution >= 4 is 40.7 Å². The molecule has 2 nitrogen and oxygen atoms in total. The van der Waals surface area contributed by atoms with Crippen LogP contribution in [0.2, 0.25) is 10.0 Å². The fourth-order valence-corrected chi connectivity index (χ4v) is 3.67. The van der Waals surface area contributed by atoms with Gasteiger partial charge >= 0.3 is 0 Å². The molecule has 0 aliphatic carbocycles. The Morgan fingerprint density at radius 1 is 0.966 bits per heavy atom. The summed E-state index contributed by atoms with van der Waals surface area (Å²) < 4.78 is 0. The maximum atomic E-state index is 13.2. The molecule has 29 heavy (non-hydrogen) atoms. The van der Waals surface area contributed by atoms with Crippen molar-refractivity contribution < 1.29 is 4.79 Å². The molecule has 0 aliphatic rings. The Morgan fingerprint density at radius 3 is 2.10 bits per heavy atom. The highest BCUT2D eigenvalue weighted by Crippen LogP contribution is 2.26. The molecule has 0 heterocycles. The van der Waals surface area contributed by atoms with E-state index in [9.17, 15) is 4.79 Å². The Morgan fingerprint density at radius 2 is 1.59 bits per heavy atom. The number of nitrogens with zero attached hydrogens (tertiary/aromatic N) is 1. The maximum absolute atomic E-state index is 13.2. The minimum atomic E-state index is -0.628. The van der Waals surface area contributed by atoms with Gasteiger partial charge in [0.05, 0.1) is 5.41 Å². The average Bonchev–Trinajstić information content (AvgIpc) is 2.65. The number of alkyl halides is 1. The lowest BCUT2D eigenvalue weighted by molar-refractivity contribution is -0.139. The van der Waals surface area contributed by atoms with Crippen molar-refractivity contribution in [3.63, 3.8) is 0 Å². The summed E-state index contributed by atoms with van der Waals surface area (Å²) in [5.41, 5.74) is 2.81. The second-order valence-electron chi connectivity index (χ2n) is 9.18. The molecular weight excluding hydrogens is 425 g/mol. The first kappa shape index (κ1) is 24.1. The lowest BCUT2D eigenvalue weighted by Crippen LogP contribution is -2.42. The number of rotatable bonds is 7. The highest BCUT2D eigenvalue weighted by molar-refractivity contribution is 6.35. The Hall–Kier alpha value is -1.22. The van der Waals surface area contributed by atoms with Crippen LogP contribution >= 0.6 is 34.8 Å². The Kier molecular flexibility index (Phi) is 8.07. The Bertz CT molecular complexity index is 838. The van der Waals surface area contributed by atoms with E-state index in [0.717, 1.165) is 11.1 Å². The molecule has 0 aromatic heterocycles. The number of hydrogen-bond donors (Lipinski definition) is 0. The molecule has 0 saturated carbocycles. The fourth-order valence-electron chi connectivity index (χ4n) is 3.05. The molecule has 0 N–H and O–H groups in total. The number of carbonyl (C=O) groups excluding carboxylic acids is 1. The van der Waals surface area contributed by atoms with Crippen LogP contribution in [0.25, 0.3) is 0 Å². The molecule has 0 bridgehead atoms. The zero-order valence-corrected chi connectivity index (χ0v) is 20.1. The van der Waals surface area contributed by atoms with Crippen molar-refractivity contribution in [1.82, 2.24) is 4.90 Å². The van der Waals surface area contributed by atoms with Gasteiger partial charge in [-0.3, -0.25) is 4.79 Å². The standard InChI is InChI=1S/C24H30Cl3NO/c1-23(2,3)19-9-6-17(7-10-19)15-28(22(29)24(4,5)16-25)13-12-18-8-11-20(26)14-21(18)27/h6-11,14H,12-13,15-16H2,1-5H3. The summed E-state index contributed by atoms with van der Waals surface area (Å²) in [7, 11) is 0. The first-order chi connectivity index (χ1) is 13.4. The zero-order chi connectivity index (χ0) is 21.8. The van der Waals surface area contributed by atoms with E-state index in [1.165, 1.54) is 5.56 Å². The summed E-state index contributed by atoms with van der Waals surface area (Å²) in [6.45, 7) is 11.4. The summed E-state index contributed by atoms with van der Waals surface area (Å²) >= 11 is 18.4. The van der Waals surface area contributed by atoms with E-state index < -0.39 is 5.41 Å². The van der Waals surface area contributed by atoms with Crippen LogP contribution < -0.4 is 0 Å². The van der Waals surface area contributed by atoms with Crippen molar-refractivity contribution in [1.29, 1.82) is 0 Å². The topological polar surface area (TPSA) is 20.3 Å². The third-order valence-electron chi connectivity index (χ3n) is 5.06. The molecule has 0 fully saturated rings. The van der Waals surface area contributed by atoms with Gasteiger partial charge < -0.3 is 4.90 Å². The molecule has 158 valence electrons. The van der Waals surface area contributed by atoms with Crippen LogP contribution in [0.3, 0.4) is 0 Å². The number of halogens is 3. The molecule has 0 spiro atoms. The third kappa shape index (κ3) is 6.64. The van der Waals surface area contributed by atoms with Gasteiger partial charge in [0.1, 0.15) is 0 Å². The van der Waals surface area contributed by atoms with Gasteiger partial charge in [-0.25, -0.2) is 0 Å². The Labute approximate surface area is 190 Å². The van der Waals surface area contributed by atoms with Crippen LogP contribution in [-0.4, -0.2) is 23.2 Å². The third-order valence-corrected chi connectivity index (χ3v) is 6.31. The van der Waals surface area contributed by atoms with Gasteiger partial charge in [-0.15, -0.1) is 11.6 Å². The summed E-state index contributed by atoms with van der Waals surface area (Å²) in [5, 5.41) is 1.23. The van der Waals surface area contributed by atoms with Crippen LogP contribution in [0.15, 0.2) is 42.5 Å². The van der Waals surface area contributed by atoms with Crippen LogP contribution in [0, 0.1) is 5.41 Å². The number of benzene rings is 2. The SMILES string of the molecule is CC(C)(CCl)C(=O)N(CCc1ccc(Cl)cc1Cl)Cc1ccc(C(C)(C)C)cc1. The summed E-state index contributed by atoms with van der Waals surface area (Å²) in [4.78, 5) is 15.0. The van der Waals surface area contributed by atoms with E-state index >= 15 is 0 Å². The van der Waals surface area contributed by atoms with E-state index in [-0.39, 0.29) is 17.2 Å². The lowest BCUT2D eigenvalue weighted by atomic mass is 9.86. The minimum absolute atomic E-state index is 0.0393. The van der Waals surface area contributed by atoms with E-state index in [1.54, 1.807) is 6.07 Å². The van der Waals surface area contributed by atoms with Crippen LogP contribution in [0.5, 0.6) is 0 Å². The van der Waals surface area contributed by atoms with Gasteiger partial charge in [0, 0.05) is 29.0 Å². The average molecular weight is 455 g/mol. The molecule has 0 unspecified atom stereocenters. The molecule has 1 amide bonds. The van der Waals surface area contributed by atoms with Crippen molar-refractivity contribution in [2.24, 2.45) is 5.41 Å². The summed E-state index contributed by atoms with van der Waals surface area (Å²) in [6, 6.07) is 14.0. The van der Waals surface area contributed by atoms with Gasteiger partial charge in [0.25, 0.3) is 0 Å². The monoisotopic (exact) mass is 453 g/mol. The lowest BCUT2D eigenvalue weighted by Gasteiger charge is -2.31. The normalized spacial score (nSPS) is 12.1. The molecule has 2 rings (SSSR count). The molecule has 2 aromatic rings. The Balaban J connectivity index is 2.22. The van der Waals surface area contributed by atoms with Crippen molar-refractivity contribution in [3.8, 4) is 0 Å². The molecular formula is C24H30Cl3NO. The molecule has 0 radical (unpaired) electrons. The first-order valence-electron chi connectivity index (χ1n) is 9.83. The number of carbonyl (C=O) groups is 1. The predicted molar refractivity (Wildman–Crippen MR) is 125 cm³/mol. The summed E-state index contributed by atoms with van der Waals surface area (Å²) in [6.07, 6.45) is 0.653. The van der Waals surface area contributed by atoms with Gasteiger partial charge in [-0.2, -0.15) is 0 Å². The van der Waals surface area contributed by atoms with Crippen molar-refractivity contribution in [3.05, 3.63) is 69.2 Å². The van der Waals surface area contributed by atoms with Crippen LogP contribution in [0.1, 0.15) is 51.3 Å². The highest BCUT2D eigenvalue weighted by atomic mass is 35.5. The van der Waals surface area contributed by atoms with E-state index in [4.69, 9.17) is 34.8 Å². The van der Waals surface area contributed by atoms with Gasteiger partial charge in [0.2, 0.25) is 5.91 Å². The number of hydrogen-bond acceptors (Lipinski definition) is 1. The van der Waals surface area contributed by atoms with Gasteiger partial charge in [-0.1, -0.05) is 74.3 Å². The predicted octanol–water partition coefficient (Wildman–Crippen LogP) is 7.13. The quantitative estimate of drug-likeness (QED) is 0.407. The van der Waals surface area contributed by atoms with E-state index in [1.807, 2.05) is 30.9 Å². The molecule has 2 aromatic carbocycles. The van der Waals surface area contributed by atoms with E-state index in [0.29, 0.717) is 29.6 Å². The molecule has 0 saturated heterocycles. The highest BCUT2D eigenvalue weighted by Gasteiger charge is 2.31. The molecule has 0 atom stereocenters. The van der Waals surface area contributed by atoms with Crippen molar-refractivity contribution in [2.75, 3.05) is 12.4 Å². The molecule has 0 aliphatic heterocycles. The van der Waals surface area contributed by atoms with Gasteiger partial charge in [-0.05, 0) is 54.5 Å². The summed E-state index contributed by atoms with van der Waals surface area (Å²) in [5.74, 6) is 0.310. The zero-order valence-electron chi connectivity index (χ0n) is 17.9. The smallest absolute Gasteiger partial charge is 0.229 e.